The molecule has 0 spiro atoms. The molecule has 6 nitrogen and oxygen atoms in total. The molecule has 3 heterocycles. The lowest BCUT2D eigenvalue weighted by Gasteiger charge is -2.28. The van der Waals surface area contributed by atoms with E-state index in [0.29, 0.717) is 6.54 Å². The second kappa shape index (κ2) is 5.50. The normalized spacial score (nSPS) is 24.8. The van der Waals surface area contributed by atoms with Gasteiger partial charge < -0.3 is 14.8 Å². The maximum Gasteiger partial charge on any atom is 0.243 e. The summed E-state index contributed by atoms with van der Waals surface area (Å²) in [6.07, 6.45) is 5.51. The van der Waals surface area contributed by atoms with Crippen LogP contribution in [-0.4, -0.2) is 44.9 Å². The summed E-state index contributed by atoms with van der Waals surface area (Å²) >= 11 is 0. The Morgan fingerprint density at radius 1 is 1.38 bits per heavy atom. The first-order valence-electron chi connectivity index (χ1n) is 7.65. The summed E-state index contributed by atoms with van der Waals surface area (Å²) in [6, 6.07) is -0.151. The number of hydrogen-bond donors (Lipinski definition) is 1. The number of fused-ring (bicyclic) bond motifs is 1. The third kappa shape index (κ3) is 2.80. The average Bonchev–Trinajstić information content (AvgIpc) is 3.03. The first-order chi connectivity index (χ1) is 10.0. The number of nitrogens with zero attached hydrogens (tertiary/aromatic N) is 3. The van der Waals surface area contributed by atoms with E-state index >= 15 is 0 Å². The molecular formula is C15H22N4O2. The van der Waals surface area contributed by atoms with Crippen LogP contribution in [0.2, 0.25) is 0 Å². The highest BCUT2D eigenvalue weighted by molar-refractivity contribution is 5.87. The maximum atomic E-state index is 12.4. The van der Waals surface area contributed by atoms with Crippen molar-refractivity contribution >= 4 is 11.8 Å². The van der Waals surface area contributed by atoms with Gasteiger partial charge in [-0.2, -0.15) is 0 Å². The third-order valence-electron chi connectivity index (χ3n) is 4.42. The molecule has 6 heteroatoms. The highest BCUT2D eigenvalue weighted by Crippen LogP contribution is 2.19. The van der Waals surface area contributed by atoms with Crippen LogP contribution in [0.3, 0.4) is 0 Å². The molecule has 2 atom stereocenters. The van der Waals surface area contributed by atoms with Gasteiger partial charge in [0.05, 0.1) is 5.69 Å². The zero-order valence-corrected chi connectivity index (χ0v) is 12.6. The minimum absolute atomic E-state index is 0.00649. The zero-order valence-electron chi connectivity index (χ0n) is 12.6. The van der Waals surface area contributed by atoms with Gasteiger partial charge in [0.2, 0.25) is 11.8 Å². The van der Waals surface area contributed by atoms with E-state index in [1.807, 2.05) is 13.1 Å². The number of aromatic nitrogens is 2. The quantitative estimate of drug-likeness (QED) is 0.869. The van der Waals surface area contributed by atoms with E-state index in [-0.39, 0.29) is 23.9 Å². The molecule has 1 N–H and O–H groups in total. The Morgan fingerprint density at radius 2 is 2.19 bits per heavy atom. The molecular weight excluding hydrogens is 268 g/mol. The molecule has 0 radical (unpaired) electrons. The van der Waals surface area contributed by atoms with Gasteiger partial charge in [-0.3, -0.25) is 9.59 Å². The van der Waals surface area contributed by atoms with Gasteiger partial charge in [-0.15, -0.1) is 0 Å². The van der Waals surface area contributed by atoms with Crippen LogP contribution in [0.4, 0.5) is 0 Å². The second-order valence-corrected chi connectivity index (χ2v) is 6.07. The van der Waals surface area contributed by atoms with E-state index in [1.165, 1.54) is 6.92 Å². The van der Waals surface area contributed by atoms with Crippen molar-refractivity contribution in [2.24, 2.45) is 0 Å². The van der Waals surface area contributed by atoms with Gasteiger partial charge in [0.25, 0.3) is 0 Å². The summed E-state index contributed by atoms with van der Waals surface area (Å²) in [7, 11) is 0. The molecule has 0 bridgehead atoms. The second-order valence-electron chi connectivity index (χ2n) is 6.07. The molecule has 1 aromatic heterocycles. The lowest BCUT2D eigenvalue weighted by molar-refractivity contribution is -0.137. The third-order valence-corrected chi connectivity index (χ3v) is 4.42. The molecule has 2 amide bonds. The van der Waals surface area contributed by atoms with Crippen molar-refractivity contribution in [2.45, 2.75) is 58.2 Å². The number of hydrogen-bond acceptors (Lipinski definition) is 3. The summed E-state index contributed by atoms with van der Waals surface area (Å²) in [5, 5.41) is 3.11. The number of rotatable bonds is 2. The van der Waals surface area contributed by atoms with Crippen molar-refractivity contribution in [3.05, 3.63) is 17.7 Å². The molecule has 114 valence electrons. The topological polar surface area (TPSA) is 67.2 Å². The number of nitrogens with one attached hydrogen (secondary N) is 1. The Hall–Kier alpha value is -1.85. The smallest absolute Gasteiger partial charge is 0.243 e. The summed E-state index contributed by atoms with van der Waals surface area (Å²) < 4.78 is 2.13. The monoisotopic (exact) mass is 290 g/mol. The maximum absolute atomic E-state index is 12.4. The highest BCUT2D eigenvalue weighted by atomic mass is 16.2. The van der Waals surface area contributed by atoms with Crippen LogP contribution in [0.5, 0.6) is 0 Å². The van der Waals surface area contributed by atoms with Gasteiger partial charge in [0.15, 0.2) is 0 Å². The van der Waals surface area contributed by atoms with Gasteiger partial charge >= 0.3 is 0 Å². The van der Waals surface area contributed by atoms with Crippen LogP contribution in [0, 0.1) is 6.92 Å². The van der Waals surface area contributed by atoms with Gasteiger partial charge in [-0.25, -0.2) is 4.98 Å². The number of likely N-dealkylation sites (tertiary alicyclic amines) is 1. The van der Waals surface area contributed by atoms with Crippen molar-refractivity contribution in [1.29, 1.82) is 0 Å². The van der Waals surface area contributed by atoms with Crippen molar-refractivity contribution in [1.82, 2.24) is 19.8 Å². The van der Waals surface area contributed by atoms with E-state index < -0.39 is 0 Å². The molecule has 1 aromatic rings. The number of carbonyl (C=O) groups is 2. The van der Waals surface area contributed by atoms with Crippen LogP contribution < -0.4 is 5.32 Å². The Balaban J connectivity index is 1.62. The SMILES string of the molecule is CC(=O)N1CCC[C@H]1C(=O)N[C@@H]1CCc2nc(C)cn2C1. The Morgan fingerprint density at radius 3 is 2.95 bits per heavy atom. The molecule has 2 aliphatic rings. The number of carbonyl (C=O) groups excluding carboxylic acids is 2. The minimum Gasteiger partial charge on any atom is -0.350 e. The molecule has 0 saturated carbocycles. The molecule has 2 aliphatic heterocycles. The zero-order chi connectivity index (χ0) is 15.0. The Bertz CT molecular complexity index is 566. The molecule has 1 saturated heterocycles. The first kappa shape index (κ1) is 14.1. The number of amides is 2. The van der Waals surface area contributed by atoms with Gasteiger partial charge in [0, 0.05) is 38.7 Å². The van der Waals surface area contributed by atoms with Gasteiger partial charge in [-0.1, -0.05) is 0 Å². The fourth-order valence-electron chi connectivity index (χ4n) is 3.42. The molecule has 0 unspecified atom stereocenters. The van der Waals surface area contributed by atoms with Crippen LogP contribution >= 0.6 is 0 Å². The molecule has 3 rings (SSSR count). The van der Waals surface area contributed by atoms with Crippen LogP contribution in [0.1, 0.15) is 37.7 Å². The van der Waals surface area contributed by atoms with Gasteiger partial charge in [-0.05, 0) is 26.2 Å². The van der Waals surface area contributed by atoms with Crippen LogP contribution in [-0.2, 0) is 22.6 Å². The van der Waals surface area contributed by atoms with Crippen molar-refractivity contribution in [2.75, 3.05) is 6.54 Å². The van der Waals surface area contributed by atoms with E-state index in [0.717, 1.165) is 43.7 Å². The Kier molecular flexibility index (Phi) is 3.69. The first-order valence-corrected chi connectivity index (χ1v) is 7.65. The summed E-state index contributed by atoms with van der Waals surface area (Å²) in [4.78, 5) is 30.1. The van der Waals surface area contributed by atoms with Crippen molar-refractivity contribution in [3.8, 4) is 0 Å². The molecule has 0 aromatic carbocycles. The number of imidazole rings is 1. The van der Waals surface area contributed by atoms with E-state index in [2.05, 4.69) is 14.9 Å². The lowest BCUT2D eigenvalue weighted by Crippen LogP contribution is -2.50. The molecule has 0 aliphatic carbocycles. The van der Waals surface area contributed by atoms with Crippen LogP contribution in [0.25, 0.3) is 0 Å². The van der Waals surface area contributed by atoms with Crippen molar-refractivity contribution < 1.29 is 9.59 Å². The fraction of sp³-hybridized carbons (Fsp3) is 0.667. The molecule has 21 heavy (non-hydrogen) atoms. The van der Waals surface area contributed by atoms with Gasteiger partial charge in [0.1, 0.15) is 11.9 Å². The Labute approximate surface area is 124 Å². The van der Waals surface area contributed by atoms with Crippen molar-refractivity contribution in [3.63, 3.8) is 0 Å². The summed E-state index contributed by atoms with van der Waals surface area (Å²) in [5.41, 5.74) is 1.02. The standard InChI is InChI=1S/C15H22N4O2/c1-10-8-18-9-12(5-6-14(18)16-10)17-15(21)13-4-3-7-19(13)11(2)20/h8,12-13H,3-7,9H2,1-2H3,(H,17,21)/t12-,13+/m1/s1. The predicted molar refractivity (Wildman–Crippen MR) is 77.6 cm³/mol. The van der Waals surface area contributed by atoms with Crippen LogP contribution in [0.15, 0.2) is 6.20 Å². The highest BCUT2D eigenvalue weighted by Gasteiger charge is 2.33. The predicted octanol–water partition coefficient (Wildman–Crippen LogP) is 0.633. The largest absolute Gasteiger partial charge is 0.350 e. The van der Waals surface area contributed by atoms with E-state index in [1.54, 1.807) is 4.90 Å². The van der Waals surface area contributed by atoms with E-state index in [4.69, 9.17) is 0 Å². The molecule has 1 fully saturated rings. The summed E-state index contributed by atoms with van der Waals surface area (Å²) in [5.74, 6) is 1.08. The lowest BCUT2D eigenvalue weighted by atomic mass is 10.1. The average molecular weight is 290 g/mol. The van der Waals surface area contributed by atoms with E-state index in [9.17, 15) is 9.59 Å². The minimum atomic E-state index is -0.284. The fourth-order valence-corrected chi connectivity index (χ4v) is 3.42. The summed E-state index contributed by atoms with van der Waals surface area (Å²) in [6.45, 7) is 4.99. The number of aryl methyl sites for hydroxylation is 2.